The van der Waals surface area contributed by atoms with Crippen molar-refractivity contribution in [3.63, 3.8) is 0 Å². The van der Waals surface area contributed by atoms with Crippen molar-refractivity contribution in [2.75, 3.05) is 25.0 Å². The molecule has 3 rings (SSSR count). The summed E-state index contributed by atoms with van der Waals surface area (Å²) < 4.78 is 32.9. The maximum Gasteiger partial charge on any atom is 0.243 e. The van der Waals surface area contributed by atoms with Gasteiger partial charge in [-0.1, -0.05) is 12.1 Å². The van der Waals surface area contributed by atoms with Crippen molar-refractivity contribution in [2.24, 2.45) is 5.92 Å². The second-order valence-electron chi connectivity index (χ2n) is 7.34. The average Bonchev–Trinajstić information content (AvgIpc) is 2.72. The molecule has 1 amide bonds. The summed E-state index contributed by atoms with van der Waals surface area (Å²) in [5.41, 5.74) is 2.91. The van der Waals surface area contributed by atoms with Crippen LogP contribution in [0.1, 0.15) is 30.9 Å². The fraction of sp³-hybridized carbons (Fsp3) is 0.409. The standard InChI is InChI=1S/C22H28N2O4S/c1-4-28-19-10-12-20(13-11-19)29(26,27)24-14-6-8-18(15-24)22(25)23-21-9-5-7-16(2)17(21)3/h5,7,9-13,18H,4,6,8,14-15H2,1-3H3,(H,23,25)/t18-/m0/s1. The molecule has 7 heteroatoms. The Bertz CT molecular complexity index is 971. The number of amides is 1. The number of nitrogens with zero attached hydrogens (tertiary/aromatic N) is 1. The van der Waals surface area contributed by atoms with Crippen LogP contribution in [0.3, 0.4) is 0 Å². The molecule has 1 saturated heterocycles. The normalized spacial score (nSPS) is 17.7. The van der Waals surface area contributed by atoms with E-state index in [4.69, 9.17) is 4.74 Å². The van der Waals surface area contributed by atoms with Crippen LogP contribution in [-0.2, 0) is 14.8 Å². The molecule has 2 aromatic carbocycles. The molecule has 156 valence electrons. The summed E-state index contributed by atoms with van der Waals surface area (Å²) in [5, 5.41) is 2.98. The lowest BCUT2D eigenvalue weighted by atomic mass is 9.98. The molecule has 0 unspecified atom stereocenters. The topological polar surface area (TPSA) is 75.7 Å². The van der Waals surface area contributed by atoms with Crippen LogP contribution in [0.5, 0.6) is 5.75 Å². The minimum absolute atomic E-state index is 0.134. The fourth-order valence-corrected chi connectivity index (χ4v) is 5.04. The lowest BCUT2D eigenvalue weighted by molar-refractivity contribution is -0.120. The molecule has 1 aliphatic heterocycles. The zero-order valence-corrected chi connectivity index (χ0v) is 18.0. The Balaban J connectivity index is 1.72. The molecule has 0 spiro atoms. The number of benzene rings is 2. The molecule has 6 nitrogen and oxygen atoms in total. The number of aryl methyl sites for hydroxylation is 1. The van der Waals surface area contributed by atoms with Crippen molar-refractivity contribution in [1.82, 2.24) is 4.31 Å². The summed E-state index contributed by atoms with van der Waals surface area (Å²) in [6.07, 6.45) is 1.33. The predicted octanol–water partition coefficient (Wildman–Crippen LogP) is 3.74. The summed E-state index contributed by atoms with van der Waals surface area (Å²) in [5.74, 6) is 0.127. The van der Waals surface area contributed by atoms with E-state index in [0.29, 0.717) is 31.7 Å². The van der Waals surface area contributed by atoms with Crippen LogP contribution in [0.4, 0.5) is 5.69 Å². The largest absolute Gasteiger partial charge is 0.494 e. The first-order valence-corrected chi connectivity index (χ1v) is 11.4. The van der Waals surface area contributed by atoms with Gasteiger partial charge in [-0.2, -0.15) is 4.31 Å². The van der Waals surface area contributed by atoms with Crippen molar-refractivity contribution in [2.45, 2.75) is 38.5 Å². The highest BCUT2D eigenvalue weighted by atomic mass is 32.2. The molecule has 1 N–H and O–H groups in total. The SMILES string of the molecule is CCOc1ccc(S(=O)(=O)N2CCC[C@H](C(=O)Nc3cccc(C)c3C)C2)cc1. The molecule has 0 saturated carbocycles. The second kappa shape index (κ2) is 8.97. The van der Waals surface area contributed by atoms with Gasteiger partial charge in [-0.25, -0.2) is 8.42 Å². The first-order valence-electron chi connectivity index (χ1n) is 9.93. The molecule has 0 aliphatic carbocycles. The van der Waals surface area contributed by atoms with Gasteiger partial charge in [0.15, 0.2) is 0 Å². The Morgan fingerprint density at radius 2 is 1.90 bits per heavy atom. The van der Waals surface area contributed by atoms with Gasteiger partial charge in [0, 0.05) is 18.8 Å². The van der Waals surface area contributed by atoms with Crippen molar-refractivity contribution < 1.29 is 17.9 Å². The highest BCUT2D eigenvalue weighted by Crippen LogP contribution is 2.27. The number of piperidine rings is 1. The van der Waals surface area contributed by atoms with Crippen molar-refractivity contribution in [3.8, 4) is 5.75 Å². The third-order valence-corrected chi connectivity index (χ3v) is 7.27. The highest BCUT2D eigenvalue weighted by Gasteiger charge is 2.33. The van der Waals surface area contributed by atoms with E-state index in [1.807, 2.05) is 39.0 Å². The third-order valence-electron chi connectivity index (χ3n) is 5.39. The first kappa shape index (κ1) is 21.3. The molecule has 29 heavy (non-hydrogen) atoms. The van der Waals surface area contributed by atoms with Crippen molar-refractivity contribution in [3.05, 3.63) is 53.6 Å². The fourth-order valence-electron chi connectivity index (χ4n) is 3.52. The molecular weight excluding hydrogens is 388 g/mol. The van der Waals surface area contributed by atoms with E-state index in [9.17, 15) is 13.2 Å². The van der Waals surface area contributed by atoms with Gasteiger partial charge in [0.05, 0.1) is 17.4 Å². The van der Waals surface area contributed by atoms with Crippen LogP contribution in [0.25, 0.3) is 0 Å². The summed E-state index contributed by atoms with van der Waals surface area (Å²) in [6, 6.07) is 12.2. The number of ether oxygens (including phenoxy) is 1. The van der Waals surface area contributed by atoms with Gasteiger partial charge in [-0.15, -0.1) is 0 Å². The van der Waals surface area contributed by atoms with E-state index < -0.39 is 10.0 Å². The number of hydrogen-bond acceptors (Lipinski definition) is 4. The number of sulfonamides is 1. The summed E-state index contributed by atoms with van der Waals surface area (Å²) in [6.45, 7) is 6.97. The van der Waals surface area contributed by atoms with Crippen LogP contribution >= 0.6 is 0 Å². The van der Waals surface area contributed by atoms with Gasteiger partial charge in [-0.3, -0.25) is 4.79 Å². The monoisotopic (exact) mass is 416 g/mol. The molecule has 1 aliphatic rings. The minimum Gasteiger partial charge on any atom is -0.494 e. The second-order valence-corrected chi connectivity index (χ2v) is 9.28. The average molecular weight is 417 g/mol. The first-order chi connectivity index (χ1) is 13.8. The number of hydrogen-bond donors (Lipinski definition) is 1. The van der Waals surface area contributed by atoms with Gasteiger partial charge >= 0.3 is 0 Å². The Morgan fingerprint density at radius 3 is 2.59 bits per heavy atom. The smallest absolute Gasteiger partial charge is 0.243 e. The molecule has 1 heterocycles. The van der Waals surface area contributed by atoms with Crippen LogP contribution in [0.2, 0.25) is 0 Å². The van der Waals surface area contributed by atoms with E-state index in [1.54, 1.807) is 24.3 Å². The van der Waals surface area contributed by atoms with E-state index in [2.05, 4.69) is 5.32 Å². The molecule has 0 radical (unpaired) electrons. The quantitative estimate of drug-likeness (QED) is 0.778. The van der Waals surface area contributed by atoms with E-state index in [1.165, 1.54) is 4.31 Å². The highest BCUT2D eigenvalue weighted by molar-refractivity contribution is 7.89. The number of anilines is 1. The van der Waals surface area contributed by atoms with Crippen LogP contribution < -0.4 is 10.1 Å². The van der Waals surface area contributed by atoms with E-state index >= 15 is 0 Å². The molecule has 0 aromatic heterocycles. The van der Waals surface area contributed by atoms with Crippen molar-refractivity contribution in [1.29, 1.82) is 0 Å². The Hall–Kier alpha value is -2.38. The number of nitrogens with one attached hydrogen (secondary N) is 1. The lowest BCUT2D eigenvalue weighted by Gasteiger charge is -2.31. The zero-order chi connectivity index (χ0) is 21.0. The van der Waals surface area contributed by atoms with Crippen molar-refractivity contribution >= 4 is 21.6 Å². The number of rotatable bonds is 6. The molecule has 1 fully saturated rings. The van der Waals surface area contributed by atoms with Crippen LogP contribution in [0.15, 0.2) is 47.4 Å². The maximum atomic E-state index is 13.0. The predicted molar refractivity (Wildman–Crippen MR) is 114 cm³/mol. The number of carbonyl (C=O) groups is 1. The van der Waals surface area contributed by atoms with Crippen LogP contribution in [0, 0.1) is 19.8 Å². The Kier molecular flexibility index (Phi) is 6.59. The summed E-state index contributed by atoms with van der Waals surface area (Å²) >= 11 is 0. The Morgan fingerprint density at radius 1 is 1.17 bits per heavy atom. The molecule has 2 aromatic rings. The van der Waals surface area contributed by atoms with Crippen LogP contribution in [-0.4, -0.2) is 38.3 Å². The number of carbonyl (C=O) groups excluding carboxylic acids is 1. The lowest BCUT2D eigenvalue weighted by Crippen LogP contribution is -2.43. The van der Waals surface area contributed by atoms with Gasteiger partial charge in [0.25, 0.3) is 0 Å². The molecule has 0 bridgehead atoms. The minimum atomic E-state index is -3.65. The zero-order valence-electron chi connectivity index (χ0n) is 17.1. The third kappa shape index (κ3) is 4.79. The summed E-state index contributed by atoms with van der Waals surface area (Å²) in [4.78, 5) is 13.0. The van der Waals surface area contributed by atoms with E-state index in [-0.39, 0.29) is 23.3 Å². The van der Waals surface area contributed by atoms with Gasteiger partial charge in [0.2, 0.25) is 15.9 Å². The van der Waals surface area contributed by atoms with Gasteiger partial charge < -0.3 is 10.1 Å². The molecular formula is C22H28N2O4S. The molecule has 1 atom stereocenters. The van der Waals surface area contributed by atoms with Gasteiger partial charge in [0.1, 0.15) is 5.75 Å². The maximum absolute atomic E-state index is 13.0. The van der Waals surface area contributed by atoms with Gasteiger partial charge in [-0.05, 0) is 75.1 Å². The Labute approximate surface area is 172 Å². The van der Waals surface area contributed by atoms with E-state index in [0.717, 1.165) is 16.8 Å². The summed E-state index contributed by atoms with van der Waals surface area (Å²) in [7, 11) is -3.65.